The smallest absolute Gasteiger partial charge is 0.341 e. The van der Waals surface area contributed by atoms with Crippen LogP contribution in [0.25, 0.3) is 0 Å². The molecule has 0 amide bonds. The molecular formula is C14H17ClFNO2. The molecule has 1 aromatic heterocycles. The van der Waals surface area contributed by atoms with Crippen LogP contribution in [-0.4, -0.2) is 17.1 Å². The third-order valence-corrected chi connectivity index (χ3v) is 3.95. The molecule has 1 fully saturated rings. The molecule has 0 aliphatic heterocycles. The van der Waals surface area contributed by atoms with Crippen molar-refractivity contribution in [2.75, 3.05) is 0 Å². The molecule has 0 saturated heterocycles. The van der Waals surface area contributed by atoms with Crippen LogP contribution in [0.2, 0.25) is 5.15 Å². The van der Waals surface area contributed by atoms with Gasteiger partial charge in [-0.15, -0.1) is 0 Å². The summed E-state index contributed by atoms with van der Waals surface area (Å²) in [6, 6.07) is 1.07. The van der Waals surface area contributed by atoms with Gasteiger partial charge in [0.1, 0.15) is 17.1 Å². The van der Waals surface area contributed by atoms with E-state index < -0.39 is 11.8 Å². The minimum atomic E-state index is -0.591. The second-order valence-corrected chi connectivity index (χ2v) is 5.25. The van der Waals surface area contributed by atoms with Crippen molar-refractivity contribution < 1.29 is 13.9 Å². The molecular weight excluding hydrogens is 269 g/mol. The summed E-state index contributed by atoms with van der Waals surface area (Å²) in [5.41, 5.74) is 0.00194. The highest BCUT2D eigenvalue weighted by atomic mass is 35.5. The van der Waals surface area contributed by atoms with Crippen molar-refractivity contribution in [1.82, 2.24) is 4.98 Å². The zero-order valence-electron chi connectivity index (χ0n) is 10.9. The van der Waals surface area contributed by atoms with Gasteiger partial charge in [0.25, 0.3) is 0 Å². The van der Waals surface area contributed by atoms with Gasteiger partial charge < -0.3 is 4.74 Å². The Balaban J connectivity index is 2.09. The van der Waals surface area contributed by atoms with Gasteiger partial charge in [-0.05, 0) is 37.7 Å². The van der Waals surface area contributed by atoms with Crippen molar-refractivity contribution in [3.63, 3.8) is 0 Å². The summed E-state index contributed by atoms with van der Waals surface area (Å²) >= 11 is 5.80. The number of aromatic nitrogens is 1. The average molecular weight is 286 g/mol. The molecule has 1 aromatic rings. The van der Waals surface area contributed by atoms with E-state index in [0.29, 0.717) is 5.92 Å². The van der Waals surface area contributed by atoms with Crippen molar-refractivity contribution >= 4 is 17.6 Å². The number of hydrogen-bond acceptors (Lipinski definition) is 3. The van der Waals surface area contributed by atoms with Gasteiger partial charge in [0, 0.05) is 0 Å². The van der Waals surface area contributed by atoms with Gasteiger partial charge in [0.05, 0.1) is 11.8 Å². The van der Waals surface area contributed by atoms with Crippen LogP contribution in [0, 0.1) is 11.7 Å². The first-order valence-electron chi connectivity index (χ1n) is 6.63. The monoisotopic (exact) mass is 285 g/mol. The second kappa shape index (κ2) is 6.33. The van der Waals surface area contributed by atoms with E-state index in [1.807, 2.05) is 0 Å². The van der Waals surface area contributed by atoms with Crippen LogP contribution in [0.15, 0.2) is 12.3 Å². The van der Waals surface area contributed by atoms with Crippen molar-refractivity contribution in [1.29, 1.82) is 0 Å². The summed E-state index contributed by atoms with van der Waals surface area (Å²) in [6.45, 7) is 2.09. The molecule has 3 nitrogen and oxygen atoms in total. The predicted octanol–water partition coefficient (Wildman–Crippen LogP) is 4.00. The summed E-state index contributed by atoms with van der Waals surface area (Å²) in [5, 5.41) is -0.0183. The fourth-order valence-electron chi connectivity index (χ4n) is 2.56. The van der Waals surface area contributed by atoms with Gasteiger partial charge in [-0.3, -0.25) is 0 Å². The van der Waals surface area contributed by atoms with Gasteiger partial charge in [0.15, 0.2) is 0 Å². The van der Waals surface area contributed by atoms with Crippen LogP contribution in [0.1, 0.15) is 49.4 Å². The number of carbonyl (C=O) groups is 1. The van der Waals surface area contributed by atoms with Crippen LogP contribution in [0.3, 0.4) is 0 Å². The van der Waals surface area contributed by atoms with E-state index in [4.69, 9.17) is 16.3 Å². The van der Waals surface area contributed by atoms with Crippen LogP contribution >= 0.6 is 11.6 Å². The van der Waals surface area contributed by atoms with Gasteiger partial charge in [-0.1, -0.05) is 24.9 Å². The Morgan fingerprint density at radius 3 is 3.00 bits per heavy atom. The minimum Gasteiger partial charge on any atom is -0.458 e. The maximum atomic E-state index is 13.1. The lowest BCUT2D eigenvalue weighted by Gasteiger charge is -2.30. The highest BCUT2D eigenvalue weighted by molar-refractivity contribution is 6.32. The number of carbonyl (C=O) groups excluding carboxylic acids is 1. The maximum Gasteiger partial charge on any atom is 0.341 e. The molecule has 0 spiro atoms. The Kier molecular flexibility index (Phi) is 4.75. The highest BCUT2D eigenvalue weighted by Crippen LogP contribution is 2.30. The molecule has 0 bridgehead atoms. The molecule has 2 rings (SSSR count). The molecule has 0 radical (unpaired) electrons. The van der Waals surface area contributed by atoms with E-state index in [1.165, 1.54) is 6.42 Å². The maximum absolute atomic E-state index is 13.1. The minimum absolute atomic E-state index is 0.00194. The Labute approximate surface area is 117 Å². The third-order valence-electron chi connectivity index (χ3n) is 3.65. The Morgan fingerprint density at radius 2 is 2.26 bits per heavy atom. The van der Waals surface area contributed by atoms with Crippen LogP contribution in [0.5, 0.6) is 0 Å². The molecule has 5 heteroatoms. The van der Waals surface area contributed by atoms with Crippen molar-refractivity contribution in [2.24, 2.45) is 5.92 Å². The SMILES string of the molecule is CCC1CCCCC1OC(=O)c1cc(F)cnc1Cl. The Hall–Kier alpha value is -1.16. The summed E-state index contributed by atoms with van der Waals surface area (Å²) < 4.78 is 18.6. The van der Waals surface area contributed by atoms with E-state index in [2.05, 4.69) is 11.9 Å². The van der Waals surface area contributed by atoms with E-state index in [1.54, 1.807) is 0 Å². The Morgan fingerprint density at radius 1 is 1.53 bits per heavy atom. The van der Waals surface area contributed by atoms with E-state index in [-0.39, 0.29) is 16.8 Å². The summed E-state index contributed by atoms with van der Waals surface area (Å²) in [6.07, 6.45) is 6.04. The predicted molar refractivity (Wildman–Crippen MR) is 70.7 cm³/mol. The normalized spacial score (nSPS) is 23.1. The van der Waals surface area contributed by atoms with Gasteiger partial charge in [-0.25, -0.2) is 14.2 Å². The lowest BCUT2D eigenvalue weighted by molar-refractivity contribution is 0.000641. The van der Waals surface area contributed by atoms with E-state index in [9.17, 15) is 9.18 Å². The van der Waals surface area contributed by atoms with E-state index in [0.717, 1.165) is 37.9 Å². The molecule has 0 aromatic carbocycles. The molecule has 1 aliphatic carbocycles. The molecule has 19 heavy (non-hydrogen) atoms. The van der Waals surface area contributed by atoms with Gasteiger partial charge in [-0.2, -0.15) is 0 Å². The summed E-state index contributed by atoms with van der Waals surface area (Å²) in [7, 11) is 0. The van der Waals surface area contributed by atoms with E-state index >= 15 is 0 Å². The summed E-state index contributed by atoms with van der Waals surface area (Å²) in [5.74, 6) is -0.785. The molecule has 1 saturated carbocycles. The first-order chi connectivity index (χ1) is 9.11. The second-order valence-electron chi connectivity index (χ2n) is 4.89. The van der Waals surface area contributed by atoms with Gasteiger partial charge >= 0.3 is 5.97 Å². The molecule has 2 atom stereocenters. The topological polar surface area (TPSA) is 39.2 Å². The van der Waals surface area contributed by atoms with Crippen LogP contribution in [-0.2, 0) is 4.74 Å². The van der Waals surface area contributed by atoms with Crippen molar-refractivity contribution in [3.05, 3.63) is 28.8 Å². The van der Waals surface area contributed by atoms with Gasteiger partial charge in [0.2, 0.25) is 0 Å². The average Bonchev–Trinajstić information content (AvgIpc) is 2.42. The number of rotatable bonds is 3. The fourth-order valence-corrected chi connectivity index (χ4v) is 2.74. The molecule has 2 unspecified atom stereocenters. The summed E-state index contributed by atoms with van der Waals surface area (Å²) in [4.78, 5) is 15.7. The van der Waals surface area contributed by atoms with Crippen molar-refractivity contribution in [3.8, 4) is 0 Å². The number of halogens is 2. The van der Waals surface area contributed by atoms with Crippen LogP contribution < -0.4 is 0 Å². The number of pyridine rings is 1. The lowest BCUT2D eigenvalue weighted by Crippen LogP contribution is -2.30. The first kappa shape index (κ1) is 14.3. The number of esters is 1. The fraction of sp³-hybridized carbons (Fsp3) is 0.571. The molecule has 1 aliphatic rings. The standard InChI is InChI=1S/C14H17ClFNO2/c1-2-9-5-3-4-6-12(9)19-14(18)11-7-10(16)8-17-13(11)15/h7-9,12H,2-6H2,1H3. The molecule has 0 N–H and O–H groups in total. The molecule has 104 valence electrons. The number of ether oxygens (including phenoxy) is 1. The zero-order chi connectivity index (χ0) is 13.8. The number of hydrogen-bond donors (Lipinski definition) is 0. The number of nitrogens with zero attached hydrogens (tertiary/aromatic N) is 1. The first-order valence-corrected chi connectivity index (χ1v) is 7.01. The Bertz CT molecular complexity index is 467. The third kappa shape index (κ3) is 3.44. The van der Waals surface area contributed by atoms with Crippen LogP contribution in [0.4, 0.5) is 4.39 Å². The zero-order valence-corrected chi connectivity index (χ0v) is 11.6. The molecule has 1 heterocycles. The lowest BCUT2D eigenvalue weighted by atomic mass is 9.85. The largest absolute Gasteiger partial charge is 0.458 e. The quantitative estimate of drug-likeness (QED) is 0.622. The highest BCUT2D eigenvalue weighted by Gasteiger charge is 2.28. The van der Waals surface area contributed by atoms with Crippen molar-refractivity contribution in [2.45, 2.75) is 45.1 Å².